The second-order valence-electron chi connectivity index (χ2n) is 6.06. The van der Waals surface area contributed by atoms with Crippen molar-refractivity contribution in [2.24, 2.45) is 16.6 Å². The summed E-state index contributed by atoms with van der Waals surface area (Å²) in [7, 11) is 0. The number of aliphatic imine (C=N–C) groups is 1. The maximum absolute atomic E-state index is 11.9. The van der Waals surface area contributed by atoms with E-state index in [9.17, 15) is 4.79 Å². The van der Waals surface area contributed by atoms with Gasteiger partial charge in [-0.25, -0.2) is 4.79 Å². The molecule has 0 radical (unpaired) electrons. The van der Waals surface area contributed by atoms with E-state index >= 15 is 0 Å². The zero-order valence-corrected chi connectivity index (χ0v) is 12.6. The predicted octanol–water partition coefficient (Wildman–Crippen LogP) is 3.13. The fraction of sp³-hybridized carbons (Fsp3) is 0.500. The van der Waals surface area contributed by atoms with Gasteiger partial charge in [0.15, 0.2) is 0 Å². The summed E-state index contributed by atoms with van der Waals surface area (Å²) < 4.78 is 0. The number of amides is 2. The van der Waals surface area contributed by atoms with Crippen LogP contribution in [0, 0.1) is 5.92 Å². The highest BCUT2D eigenvalue weighted by Crippen LogP contribution is 2.29. The maximum atomic E-state index is 11.9. The summed E-state index contributed by atoms with van der Waals surface area (Å²) in [6.45, 7) is 8.36. The molecule has 0 aliphatic carbocycles. The van der Waals surface area contributed by atoms with Crippen molar-refractivity contribution in [2.45, 2.75) is 46.2 Å². The van der Waals surface area contributed by atoms with Gasteiger partial charge >= 0.3 is 6.03 Å². The topological polar surface area (TPSA) is 58.7 Å². The predicted molar refractivity (Wildman–Crippen MR) is 81.7 cm³/mol. The zero-order valence-electron chi connectivity index (χ0n) is 12.6. The van der Waals surface area contributed by atoms with Crippen molar-refractivity contribution in [1.82, 2.24) is 4.90 Å². The molecule has 4 nitrogen and oxygen atoms in total. The van der Waals surface area contributed by atoms with Crippen LogP contribution in [0.3, 0.4) is 0 Å². The number of urea groups is 1. The van der Waals surface area contributed by atoms with Crippen molar-refractivity contribution >= 4 is 11.9 Å². The lowest BCUT2D eigenvalue weighted by Gasteiger charge is -2.28. The summed E-state index contributed by atoms with van der Waals surface area (Å²) in [5.41, 5.74) is 8.27. The quantitative estimate of drug-likeness (QED) is 0.916. The molecule has 108 valence electrons. The molecule has 2 N–H and O–H groups in total. The SMILES string of the molecule is CC(C)Cc1ccc(C2C(N)=NC(=O)N2C(C)C)cc1. The van der Waals surface area contributed by atoms with Crippen molar-refractivity contribution < 1.29 is 4.79 Å². The highest BCUT2D eigenvalue weighted by Gasteiger charge is 2.36. The number of hydrogen-bond acceptors (Lipinski definition) is 2. The third-order valence-electron chi connectivity index (χ3n) is 3.50. The van der Waals surface area contributed by atoms with Crippen molar-refractivity contribution in [3.8, 4) is 0 Å². The van der Waals surface area contributed by atoms with Crippen molar-refractivity contribution in [3.63, 3.8) is 0 Å². The minimum atomic E-state index is -0.242. The van der Waals surface area contributed by atoms with Crippen LogP contribution in [0.25, 0.3) is 0 Å². The number of nitrogens with zero attached hydrogens (tertiary/aromatic N) is 2. The van der Waals surface area contributed by atoms with Crippen LogP contribution in [0.2, 0.25) is 0 Å². The summed E-state index contributed by atoms with van der Waals surface area (Å²) in [5.74, 6) is 1.02. The smallest absolute Gasteiger partial charge is 0.346 e. The third-order valence-corrected chi connectivity index (χ3v) is 3.50. The van der Waals surface area contributed by atoms with Crippen LogP contribution in [0.4, 0.5) is 4.79 Å². The summed E-state index contributed by atoms with van der Waals surface area (Å²) in [6.07, 6.45) is 1.06. The number of nitrogens with two attached hydrogens (primary N) is 1. The molecule has 1 aliphatic rings. The monoisotopic (exact) mass is 273 g/mol. The molecule has 4 heteroatoms. The summed E-state index contributed by atoms with van der Waals surface area (Å²) >= 11 is 0. The van der Waals surface area contributed by atoms with E-state index in [4.69, 9.17) is 5.73 Å². The third kappa shape index (κ3) is 2.84. The molecule has 2 amide bonds. The first kappa shape index (κ1) is 14.6. The molecular weight excluding hydrogens is 250 g/mol. The number of hydrogen-bond donors (Lipinski definition) is 1. The first-order valence-electron chi connectivity index (χ1n) is 7.15. The van der Waals surface area contributed by atoms with Crippen LogP contribution >= 0.6 is 0 Å². The van der Waals surface area contributed by atoms with E-state index in [-0.39, 0.29) is 18.1 Å². The molecule has 0 saturated heterocycles. The van der Waals surface area contributed by atoms with E-state index in [1.165, 1.54) is 5.56 Å². The van der Waals surface area contributed by atoms with Gasteiger partial charge in [-0.1, -0.05) is 38.1 Å². The van der Waals surface area contributed by atoms with E-state index < -0.39 is 0 Å². The minimum Gasteiger partial charge on any atom is -0.385 e. The van der Waals surface area contributed by atoms with Crippen LogP contribution in [0.1, 0.15) is 44.9 Å². The van der Waals surface area contributed by atoms with Gasteiger partial charge in [-0.15, -0.1) is 0 Å². The van der Waals surface area contributed by atoms with Crippen LogP contribution in [0.5, 0.6) is 0 Å². The first-order chi connectivity index (χ1) is 9.40. The normalized spacial score (nSPS) is 19.1. The Morgan fingerprint density at radius 2 is 1.80 bits per heavy atom. The highest BCUT2D eigenvalue weighted by molar-refractivity contribution is 6.03. The lowest BCUT2D eigenvalue weighted by Crippen LogP contribution is -2.38. The average Bonchev–Trinajstić information content (AvgIpc) is 2.64. The van der Waals surface area contributed by atoms with Gasteiger partial charge in [0.05, 0.1) is 0 Å². The molecule has 1 aliphatic heterocycles. The van der Waals surface area contributed by atoms with Crippen LogP contribution in [-0.4, -0.2) is 22.8 Å². The Morgan fingerprint density at radius 1 is 1.20 bits per heavy atom. The zero-order chi connectivity index (χ0) is 14.9. The molecule has 1 atom stereocenters. The molecule has 1 aromatic carbocycles. The highest BCUT2D eigenvalue weighted by atomic mass is 16.2. The van der Waals surface area contributed by atoms with Gasteiger partial charge in [-0.05, 0) is 37.3 Å². The van der Waals surface area contributed by atoms with Gasteiger partial charge in [-0.3, -0.25) is 0 Å². The summed E-state index contributed by atoms with van der Waals surface area (Å²) in [6, 6.07) is 7.95. The van der Waals surface area contributed by atoms with Gasteiger partial charge in [0.25, 0.3) is 0 Å². The summed E-state index contributed by atoms with van der Waals surface area (Å²) in [4.78, 5) is 17.5. The number of carbonyl (C=O) groups excluding carboxylic acids is 1. The molecule has 0 bridgehead atoms. The largest absolute Gasteiger partial charge is 0.385 e. The van der Waals surface area contributed by atoms with E-state index in [2.05, 4.69) is 43.1 Å². The molecule has 1 aromatic rings. The Hall–Kier alpha value is -1.84. The Kier molecular flexibility index (Phi) is 4.12. The molecule has 0 aromatic heterocycles. The van der Waals surface area contributed by atoms with Gasteiger partial charge in [0.1, 0.15) is 11.9 Å². The molecule has 1 heterocycles. The molecule has 0 spiro atoms. The van der Waals surface area contributed by atoms with Crippen molar-refractivity contribution in [2.75, 3.05) is 0 Å². The van der Waals surface area contributed by atoms with E-state index in [0.717, 1.165) is 12.0 Å². The second kappa shape index (κ2) is 5.65. The number of rotatable bonds is 4. The average molecular weight is 273 g/mol. The molecule has 0 saturated carbocycles. The standard InChI is InChI=1S/C16H23N3O/c1-10(2)9-12-5-7-13(8-6-12)14-15(17)18-16(20)19(14)11(3)4/h5-8,10-11,14H,9H2,1-4H3,(H2,17,18,20). The summed E-state index contributed by atoms with van der Waals surface area (Å²) in [5, 5.41) is 0. The van der Waals surface area contributed by atoms with Crippen LogP contribution in [0.15, 0.2) is 29.3 Å². The molecular formula is C16H23N3O. The van der Waals surface area contributed by atoms with Crippen molar-refractivity contribution in [3.05, 3.63) is 35.4 Å². The van der Waals surface area contributed by atoms with Gasteiger partial charge in [0, 0.05) is 6.04 Å². The Bertz CT molecular complexity index is 517. The van der Waals surface area contributed by atoms with Crippen LogP contribution in [-0.2, 0) is 6.42 Å². The number of amidine groups is 1. The van der Waals surface area contributed by atoms with E-state index in [1.54, 1.807) is 4.90 Å². The van der Waals surface area contributed by atoms with E-state index in [0.29, 0.717) is 11.8 Å². The minimum absolute atomic E-state index is 0.0765. The number of carbonyl (C=O) groups is 1. The van der Waals surface area contributed by atoms with Gasteiger partial charge in [-0.2, -0.15) is 4.99 Å². The second-order valence-corrected chi connectivity index (χ2v) is 6.06. The van der Waals surface area contributed by atoms with Crippen LogP contribution < -0.4 is 5.73 Å². The lowest BCUT2D eigenvalue weighted by molar-refractivity contribution is 0.190. The van der Waals surface area contributed by atoms with Crippen molar-refractivity contribution in [1.29, 1.82) is 0 Å². The Balaban J connectivity index is 2.26. The first-order valence-corrected chi connectivity index (χ1v) is 7.15. The van der Waals surface area contributed by atoms with Gasteiger partial charge in [0.2, 0.25) is 0 Å². The molecule has 2 rings (SSSR count). The van der Waals surface area contributed by atoms with E-state index in [1.807, 2.05) is 13.8 Å². The van der Waals surface area contributed by atoms with Gasteiger partial charge < -0.3 is 10.6 Å². The lowest BCUT2D eigenvalue weighted by atomic mass is 9.98. The fourth-order valence-electron chi connectivity index (χ4n) is 2.64. The number of benzene rings is 1. The Labute approximate surface area is 120 Å². The molecule has 0 fully saturated rings. The maximum Gasteiger partial charge on any atom is 0.346 e. The fourth-order valence-corrected chi connectivity index (χ4v) is 2.64. The Morgan fingerprint density at radius 3 is 2.30 bits per heavy atom. The molecule has 20 heavy (non-hydrogen) atoms. The molecule has 1 unspecified atom stereocenters.